The summed E-state index contributed by atoms with van der Waals surface area (Å²) in [4.78, 5) is 13.0. The average Bonchev–Trinajstić information content (AvgIpc) is 3.08. The summed E-state index contributed by atoms with van der Waals surface area (Å²) in [6.45, 7) is 0. The predicted octanol–water partition coefficient (Wildman–Crippen LogP) is 4.85. The van der Waals surface area contributed by atoms with Crippen molar-refractivity contribution in [3.63, 3.8) is 0 Å². The largest absolute Gasteiger partial charge is 0.324 e. The lowest BCUT2D eigenvalue weighted by molar-refractivity contribution is -0.116. The molecule has 0 fully saturated rings. The number of sulfone groups is 1. The number of fused-ring (bicyclic) bond motifs is 1. The summed E-state index contributed by atoms with van der Waals surface area (Å²) < 4.78 is 40.4. The molecule has 2 aromatic carbocycles. The van der Waals surface area contributed by atoms with Gasteiger partial charge in [0.25, 0.3) is 0 Å². The van der Waals surface area contributed by atoms with Crippen LogP contribution >= 0.6 is 22.9 Å². The van der Waals surface area contributed by atoms with Gasteiger partial charge in [-0.25, -0.2) is 12.8 Å². The minimum atomic E-state index is -3.81. The lowest BCUT2D eigenvalue weighted by atomic mass is 9.90. The molecule has 3 aromatic rings. The Morgan fingerprint density at radius 1 is 1.15 bits per heavy atom. The highest BCUT2D eigenvalue weighted by atomic mass is 35.5. The van der Waals surface area contributed by atoms with Crippen molar-refractivity contribution < 1.29 is 17.6 Å². The molecular formula is C19H13ClFNO3S2. The fourth-order valence-corrected chi connectivity index (χ4v) is 6.26. The van der Waals surface area contributed by atoms with Crippen LogP contribution in [0.5, 0.6) is 0 Å². The lowest BCUT2D eigenvalue weighted by Crippen LogP contribution is -2.24. The van der Waals surface area contributed by atoms with E-state index in [0.717, 1.165) is 0 Å². The van der Waals surface area contributed by atoms with Crippen LogP contribution in [-0.4, -0.2) is 14.3 Å². The van der Waals surface area contributed by atoms with Gasteiger partial charge in [-0.15, -0.1) is 11.3 Å². The lowest BCUT2D eigenvalue weighted by Gasteiger charge is -2.24. The van der Waals surface area contributed by atoms with Crippen LogP contribution in [0.4, 0.5) is 10.1 Å². The molecule has 138 valence electrons. The summed E-state index contributed by atoms with van der Waals surface area (Å²) in [5.41, 5.74) is 0.508. The molecule has 1 atom stereocenters. The molecule has 0 saturated heterocycles. The minimum absolute atomic E-state index is 0.0224. The van der Waals surface area contributed by atoms with E-state index in [1.165, 1.54) is 47.0 Å². The number of halogens is 2. The van der Waals surface area contributed by atoms with E-state index in [2.05, 4.69) is 5.32 Å². The van der Waals surface area contributed by atoms with Gasteiger partial charge in [0.15, 0.2) is 0 Å². The maximum Gasteiger partial charge on any atom is 0.225 e. The van der Waals surface area contributed by atoms with Crippen LogP contribution in [0.1, 0.15) is 22.8 Å². The molecule has 27 heavy (non-hydrogen) atoms. The normalized spacial score (nSPS) is 16.7. The molecule has 0 aliphatic carbocycles. The van der Waals surface area contributed by atoms with Gasteiger partial charge in [0.1, 0.15) is 10.7 Å². The molecule has 1 aliphatic heterocycles. The van der Waals surface area contributed by atoms with Gasteiger partial charge in [-0.1, -0.05) is 29.8 Å². The molecule has 4 rings (SSSR count). The molecule has 8 heteroatoms. The molecular weight excluding hydrogens is 409 g/mol. The van der Waals surface area contributed by atoms with Gasteiger partial charge in [0.2, 0.25) is 15.7 Å². The third-order valence-electron chi connectivity index (χ3n) is 4.43. The number of hydrogen-bond acceptors (Lipinski definition) is 4. The van der Waals surface area contributed by atoms with E-state index in [9.17, 15) is 17.6 Å². The molecule has 2 heterocycles. The summed E-state index contributed by atoms with van der Waals surface area (Å²) in [6.07, 6.45) is 0.0234. The Kier molecular flexibility index (Phi) is 4.53. The van der Waals surface area contributed by atoms with E-state index < -0.39 is 21.6 Å². The fourth-order valence-electron chi connectivity index (χ4n) is 3.16. The zero-order chi connectivity index (χ0) is 19.2. The summed E-state index contributed by atoms with van der Waals surface area (Å²) >= 11 is 7.19. The SMILES string of the molecule is O=C1C[C@@H](c2cc(Cl)ccc2F)c2scc(S(=O)(=O)c3ccccc3)c2N1. The van der Waals surface area contributed by atoms with Crippen LogP contribution in [0.25, 0.3) is 0 Å². The van der Waals surface area contributed by atoms with Crippen LogP contribution in [0.2, 0.25) is 5.02 Å². The third kappa shape index (κ3) is 3.16. The van der Waals surface area contributed by atoms with Gasteiger partial charge in [0, 0.05) is 27.6 Å². The zero-order valence-electron chi connectivity index (χ0n) is 13.8. The van der Waals surface area contributed by atoms with Crippen molar-refractivity contribution in [2.45, 2.75) is 22.1 Å². The third-order valence-corrected chi connectivity index (χ3v) is 7.71. The number of hydrogen-bond donors (Lipinski definition) is 1. The van der Waals surface area contributed by atoms with Gasteiger partial charge in [-0.3, -0.25) is 4.79 Å². The number of carbonyl (C=O) groups is 1. The Bertz CT molecular complexity index is 1140. The maximum atomic E-state index is 14.4. The summed E-state index contributed by atoms with van der Waals surface area (Å²) in [6, 6.07) is 12.2. The monoisotopic (exact) mass is 421 g/mol. The number of thiophene rings is 1. The van der Waals surface area contributed by atoms with Crippen molar-refractivity contribution >= 4 is 44.4 Å². The van der Waals surface area contributed by atoms with Gasteiger partial charge < -0.3 is 5.32 Å². The predicted molar refractivity (Wildman–Crippen MR) is 103 cm³/mol. The second-order valence-corrected chi connectivity index (χ2v) is 9.39. The molecule has 0 saturated carbocycles. The standard InChI is InChI=1S/C19H13ClFNO3S2/c20-11-6-7-15(21)13(8-11)14-9-17(23)22-18-16(10-26-19(14)18)27(24,25)12-4-2-1-3-5-12/h1-8,10,14H,9H2,(H,22,23)/t14-/m0/s1. The molecule has 1 aliphatic rings. The van der Waals surface area contributed by atoms with Gasteiger partial charge in [-0.05, 0) is 35.9 Å². The Morgan fingerprint density at radius 2 is 1.89 bits per heavy atom. The Hall–Kier alpha value is -2.22. The van der Waals surface area contributed by atoms with Crippen LogP contribution in [-0.2, 0) is 14.6 Å². The Balaban J connectivity index is 1.87. The highest BCUT2D eigenvalue weighted by molar-refractivity contribution is 7.91. The molecule has 1 N–H and O–H groups in total. The molecule has 0 bridgehead atoms. The smallest absolute Gasteiger partial charge is 0.225 e. The number of nitrogens with one attached hydrogen (secondary N) is 1. The van der Waals surface area contributed by atoms with Crippen molar-refractivity contribution in [3.8, 4) is 0 Å². The second kappa shape index (κ2) is 6.74. The molecule has 1 amide bonds. The summed E-state index contributed by atoms with van der Waals surface area (Å²) in [5.74, 6) is -1.43. The van der Waals surface area contributed by atoms with Gasteiger partial charge in [-0.2, -0.15) is 0 Å². The van der Waals surface area contributed by atoms with Crippen LogP contribution in [0.3, 0.4) is 0 Å². The van der Waals surface area contributed by atoms with Crippen molar-refractivity contribution in [3.05, 3.63) is 75.2 Å². The first-order valence-electron chi connectivity index (χ1n) is 8.04. The van der Waals surface area contributed by atoms with Crippen LogP contribution in [0.15, 0.2) is 63.7 Å². The Labute approximate surface area is 164 Å². The molecule has 1 aromatic heterocycles. The molecule has 0 radical (unpaired) electrons. The van der Waals surface area contributed by atoms with Crippen molar-refractivity contribution in [1.82, 2.24) is 0 Å². The number of rotatable bonds is 3. The topological polar surface area (TPSA) is 63.2 Å². The number of amides is 1. The second-order valence-electron chi connectivity index (χ2n) is 6.13. The van der Waals surface area contributed by atoms with E-state index in [4.69, 9.17) is 11.6 Å². The first kappa shape index (κ1) is 18.2. The van der Waals surface area contributed by atoms with E-state index in [1.807, 2.05) is 0 Å². The number of benzene rings is 2. The van der Waals surface area contributed by atoms with Crippen molar-refractivity contribution in [2.24, 2.45) is 0 Å². The highest BCUT2D eigenvalue weighted by Crippen LogP contribution is 2.46. The van der Waals surface area contributed by atoms with E-state index in [1.54, 1.807) is 18.2 Å². The summed E-state index contributed by atoms with van der Waals surface area (Å²) in [5, 5.41) is 4.50. The summed E-state index contributed by atoms with van der Waals surface area (Å²) in [7, 11) is -3.81. The van der Waals surface area contributed by atoms with E-state index >= 15 is 0 Å². The van der Waals surface area contributed by atoms with Crippen molar-refractivity contribution in [1.29, 1.82) is 0 Å². The van der Waals surface area contributed by atoms with E-state index in [0.29, 0.717) is 9.90 Å². The Morgan fingerprint density at radius 3 is 2.63 bits per heavy atom. The number of carbonyl (C=O) groups excluding carboxylic acids is 1. The van der Waals surface area contributed by atoms with Crippen molar-refractivity contribution in [2.75, 3.05) is 5.32 Å². The highest BCUT2D eigenvalue weighted by Gasteiger charge is 2.35. The molecule has 4 nitrogen and oxygen atoms in total. The zero-order valence-corrected chi connectivity index (χ0v) is 16.2. The van der Waals surface area contributed by atoms with Gasteiger partial charge >= 0.3 is 0 Å². The van der Waals surface area contributed by atoms with Gasteiger partial charge in [0.05, 0.1) is 10.6 Å². The van der Waals surface area contributed by atoms with E-state index in [-0.39, 0.29) is 33.4 Å². The quantitative estimate of drug-likeness (QED) is 0.657. The minimum Gasteiger partial charge on any atom is -0.324 e. The fraction of sp³-hybridized carbons (Fsp3) is 0.105. The first-order valence-corrected chi connectivity index (χ1v) is 10.8. The van der Waals surface area contributed by atoms with Crippen LogP contribution < -0.4 is 5.32 Å². The maximum absolute atomic E-state index is 14.4. The average molecular weight is 422 g/mol. The van der Waals surface area contributed by atoms with Crippen LogP contribution in [0, 0.1) is 5.82 Å². The molecule has 0 spiro atoms. The molecule has 0 unspecified atom stereocenters. The first-order chi connectivity index (χ1) is 12.9. The number of anilines is 1.